The maximum atomic E-state index is 5.94. The van der Waals surface area contributed by atoms with Crippen LogP contribution in [0.5, 0.6) is 0 Å². The van der Waals surface area contributed by atoms with Gasteiger partial charge in [-0.3, -0.25) is 0 Å². The Labute approximate surface area is 115 Å². The average molecular weight is 262 g/mol. The second-order valence-electron chi connectivity index (χ2n) is 5.19. The highest BCUT2D eigenvalue weighted by Crippen LogP contribution is 2.32. The van der Waals surface area contributed by atoms with E-state index in [4.69, 9.17) is 5.73 Å². The summed E-state index contributed by atoms with van der Waals surface area (Å²) < 4.78 is 0. The van der Waals surface area contributed by atoms with E-state index in [1.807, 2.05) is 19.2 Å². The highest BCUT2D eigenvalue weighted by atomic mass is 14.9. The van der Waals surface area contributed by atoms with E-state index in [0.717, 1.165) is 27.6 Å². The molecule has 4 aromatic rings. The molecule has 0 aliphatic carbocycles. The minimum atomic E-state index is 0.495. The maximum Gasteiger partial charge on any atom is 0.145 e. The molecule has 0 unspecified atom stereocenters. The molecule has 3 N–H and O–H groups in total. The van der Waals surface area contributed by atoms with Crippen LogP contribution in [-0.4, -0.2) is 15.0 Å². The van der Waals surface area contributed by atoms with Crippen LogP contribution in [-0.2, 0) is 0 Å². The molecule has 0 aliphatic heterocycles. The fraction of sp³-hybridized carbons (Fsp3) is 0.125. The Morgan fingerprint density at radius 2 is 1.95 bits per heavy atom. The third-order valence-corrected chi connectivity index (χ3v) is 3.86. The Balaban J connectivity index is 2.34. The van der Waals surface area contributed by atoms with Gasteiger partial charge in [0.2, 0.25) is 0 Å². The fourth-order valence-electron chi connectivity index (χ4n) is 2.85. The van der Waals surface area contributed by atoms with Gasteiger partial charge < -0.3 is 10.7 Å². The summed E-state index contributed by atoms with van der Waals surface area (Å²) in [5, 5.41) is 3.45. The number of hydrogen-bond acceptors (Lipinski definition) is 3. The normalized spacial score (nSPS) is 11.7. The Bertz CT molecular complexity index is 982. The van der Waals surface area contributed by atoms with Gasteiger partial charge in [0.25, 0.3) is 0 Å². The molecule has 0 fully saturated rings. The van der Waals surface area contributed by atoms with E-state index in [0.29, 0.717) is 5.82 Å². The molecule has 0 amide bonds. The molecular formula is C16H14N4. The van der Waals surface area contributed by atoms with E-state index in [1.165, 1.54) is 16.3 Å². The van der Waals surface area contributed by atoms with E-state index >= 15 is 0 Å². The zero-order valence-corrected chi connectivity index (χ0v) is 11.4. The summed E-state index contributed by atoms with van der Waals surface area (Å²) >= 11 is 0. The molecule has 0 aliphatic rings. The first kappa shape index (κ1) is 11.2. The van der Waals surface area contributed by atoms with Crippen molar-refractivity contribution in [2.45, 2.75) is 13.8 Å². The van der Waals surface area contributed by atoms with Crippen molar-refractivity contribution in [2.75, 3.05) is 5.73 Å². The lowest BCUT2D eigenvalue weighted by atomic mass is 10.0. The predicted molar refractivity (Wildman–Crippen MR) is 82.8 cm³/mol. The number of benzene rings is 2. The molecule has 2 heterocycles. The first-order valence-electron chi connectivity index (χ1n) is 6.58. The van der Waals surface area contributed by atoms with Crippen LogP contribution in [0.15, 0.2) is 30.5 Å². The third-order valence-electron chi connectivity index (χ3n) is 3.86. The first-order valence-corrected chi connectivity index (χ1v) is 6.58. The van der Waals surface area contributed by atoms with Crippen molar-refractivity contribution in [1.82, 2.24) is 15.0 Å². The second kappa shape index (κ2) is 3.70. The lowest BCUT2D eigenvalue weighted by Gasteiger charge is -2.08. The van der Waals surface area contributed by atoms with Crippen molar-refractivity contribution < 1.29 is 0 Å². The molecule has 4 nitrogen and oxygen atoms in total. The van der Waals surface area contributed by atoms with Crippen molar-refractivity contribution in [3.8, 4) is 0 Å². The number of nitrogens with zero attached hydrogens (tertiary/aromatic N) is 2. The maximum absolute atomic E-state index is 5.94. The molecule has 4 rings (SSSR count). The van der Waals surface area contributed by atoms with Gasteiger partial charge in [-0.25, -0.2) is 9.97 Å². The number of nitrogens with two attached hydrogens (primary N) is 1. The van der Waals surface area contributed by atoms with Gasteiger partial charge in [0.15, 0.2) is 0 Å². The summed E-state index contributed by atoms with van der Waals surface area (Å²) in [6.07, 6.45) is 1.96. The molecule has 0 saturated heterocycles. The number of anilines is 1. The number of aromatic nitrogens is 3. The van der Waals surface area contributed by atoms with Crippen LogP contribution in [0.25, 0.3) is 32.7 Å². The predicted octanol–water partition coefficient (Wildman–Crippen LogP) is 3.46. The summed E-state index contributed by atoms with van der Waals surface area (Å²) in [4.78, 5) is 12.4. The Morgan fingerprint density at radius 3 is 2.80 bits per heavy atom. The third kappa shape index (κ3) is 1.36. The zero-order chi connectivity index (χ0) is 13.9. The van der Waals surface area contributed by atoms with Crippen LogP contribution in [0.2, 0.25) is 0 Å². The van der Waals surface area contributed by atoms with E-state index in [-0.39, 0.29) is 0 Å². The molecule has 2 aromatic carbocycles. The number of H-pyrrole nitrogens is 1. The molecular weight excluding hydrogens is 248 g/mol. The zero-order valence-electron chi connectivity index (χ0n) is 11.4. The number of nitrogens with one attached hydrogen (secondary N) is 1. The monoisotopic (exact) mass is 262 g/mol. The number of hydrogen-bond donors (Lipinski definition) is 2. The van der Waals surface area contributed by atoms with Crippen LogP contribution in [0.4, 0.5) is 5.82 Å². The van der Waals surface area contributed by atoms with Gasteiger partial charge in [0.1, 0.15) is 5.82 Å². The Morgan fingerprint density at radius 1 is 1.10 bits per heavy atom. The van der Waals surface area contributed by atoms with Crippen LogP contribution in [0.1, 0.15) is 11.3 Å². The quantitative estimate of drug-likeness (QED) is 0.477. The number of aryl methyl sites for hydroxylation is 2. The highest BCUT2D eigenvalue weighted by molar-refractivity contribution is 6.18. The lowest BCUT2D eigenvalue weighted by molar-refractivity contribution is 1.20. The van der Waals surface area contributed by atoms with Gasteiger partial charge in [-0.15, -0.1) is 0 Å². The van der Waals surface area contributed by atoms with Crippen LogP contribution < -0.4 is 5.73 Å². The summed E-state index contributed by atoms with van der Waals surface area (Å²) in [5.74, 6) is 0.495. The summed E-state index contributed by atoms with van der Waals surface area (Å²) in [6.45, 7) is 3.99. The molecule has 0 atom stereocenters. The Hall–Kier alpha value is -2.62. The van der Waals surface area contributed by atoms with Gasteiger partial charge >= 0.3 is 0 Å². The molecule has 20 heavy (non-hydrogen) atoms. The van der Waals surface area contributed by atoms with E-state index in [9.17, 15) is 0 Å². The summed E-state index contributed by atoms with van der Waals surface area (Å²) in [5.41, 5.74) is 10.8. The van der Waals surface area contributed by atoms with Crippen molar-refractivity contribution in [1.29, 1.82) is 0 Å². The molecule has 2 aromatic heterocycles. The van der Waals surface area contributed by atoms with Gasteiger partial charge in [-0.2, -0.15) is 0 Å². The van der Waals surface area contributed by atoms with Gasteiger partial charge in [-0.1, -0.05) is 6.07 Å². The summed E-state index contributed by atoms with van der Waals surface area (Å²) in [7, 11) is 0. The number of nitrogen functional groups attached to an aromatic ring is 1. The molecule has 0 saturated carbocycles. The topological polar surface area (TPSA) is 67.6 Å². The smallest absolute Gasteiger partial charge is 0.145 e. The molecule has 0 bridgehead atoms. The fourth-order valence-corrected chi connectivity index (χ4v) is 2.85. The van der Waals surface area contributed by atoms with E-state index in [1.54, 1.807) is 0 Å². The van der Waals surface area contributed by atoms with E-state index < -0.39 is 0 Å². The van der Waals surface area contributed by atoms with Crippen molar-refractivity contribution >= 4 is 38.5 Å². The molecule has 0 spiro atoms. The summed E-state index contributed by atoms with van der Waals surface area (Å²) in [6, 6.07) is 8.36. The minimum absolute atomic E-state index is 0.495. The van der Waals surface area contributed by atoms with Crippen molar-refractivity contribution in [3.05, 3.63) is 41.7 Å². The van der Waals surface area contributed by atoms with Crippen molar-refractivity contribution in [3.63, 3.8) is 0 Å². The largest absolute Gasteiger partial charge is 0.382 e. The van der Waals surface area contributed by atoms with Gasteiger partial charge in [-0.05, 0) is 43.0 Å². The number of rotatable bonds is 0. The van der Waals surface area contributed by atoms with Crippen LogP contribution in [0, 0.1) is 13.8 Å². The number of aromatic amines is 1. The standard InChI is InChI=1S/C16H14N4/c1-8-7-10-3-4-12-15(20-16(17)9(2)19-12)13(10)11-5-6-18-14(8)11/h3-7,18H,1-2H3,(H2,17,20). The van der Waals surface area contributed by atoms with E-state index in [2.05, 4.69) is 40.1 Å². The lowest BCUT2D eigenvalue weighted by Crippen LogP contribution is -1.98. The Kier molecular flexibility index (Phi) is 2.07. The average Bonchev–Trinajstić information content (AvgIpc) is 2.90. The van der Waals surface area contributed by atoms with Gasteiger partial charge in [0.05, 0.1) is 16.7 Å². The van der Waals surface area contributed by atoms with Gasteiger partial charge in [0, 0.05) is 22.5 Å². The second-order valence-corrected chi connectivity index (χ2v) is 5.19. The highest BCUT2D eigenvalue weighted by Gasteiger charge is 2.11. The molecule has 4 heteroatoms. The van der Waals surface area contributed by atoms with Crippen molar-refractivity contribution in [2.24, 2.45) is 0 Å². The van der Waals surface area contributed by atoms with Crippen LogP contribution >= 0.6 is 0 Å². The molecule has 0 radical (unpaired) electrons. The minimum Gasteiger partial charge on any atom is -0.382 e. The van der Waals surface area contributed by atoms with Crippen LogP contribution in [0.3, 0.4) is 0 Å². The molecule has 98 valence electrons. The first-order chi connectivity index (χ1) is 9.65. The SMILES string of the molecule is Cc1nc2ccc3cc(C)c4[nH]ccc4c3c2nc1N. The number of fused-ring (bicyclic) bond motifs is 5.